The molecule has 0 radical (unpaired) electrons. The van der Waals surface area contributed by atoms with Crippen LogP contribution in [0.25, 0.3) is 0 Å². The van der Waals surface area contributed by atoms with E-state index in [2.05, 4.69) is 21.2 Å². The van der Waals surface area contributed by atoms with Crippen molar-refractivity contribution >= 4 is 27.5 Å². The highest BCUT2D eigenvalue weighted by Crippen LogP contribution is 2.19. The standard InChI is InChI=1S/C14H21BrN2O3/c1-11-9-12(15)3-4-13(11)16-14(19)10-17(5-7-18)6-8-20-2/h3-4,9,18H,5-8,10H2,1-2H3,(H,16,19). The van der Waals surface area contributed by atoms with E-state index >= 15 is 0 Å². The Bertz CT molecular complexity index is 440. The average Bonchev–Trinajstić information content (AvgIpc) is 2.39. The Kier molecular flexibility index (Phi) is 7.76. The Hall–Kier alpha value is -0.950. The molecule has 1 aromatic carbocycles. The average molecular weight is 345 g/mol. The molecule has 0 fully saturated rings. The van der Waals surface area contributed by atoms with Gasteiger partial charge in [-0.05, 0) is 30.7 Å². The number of hydrogen-bond acceptors (Lipinski definition) is 4. The lowest BCUT2D eigenvalue weighted by atomic mass is 10.2. The van der Waals surface area contributed by atoms with Crippen LogP contribution in [-0.4, -0.2) is 55.9 Å². The van der Waals surface area contributed by atoms with Gasteiger partial charge < -0.3 is 15.2 Å². The Labute approximate surface area is 128 Å². The third-order valence-corrected chi connectivity index (χ3v) is 3.35. The molecular weight excluding hydrogens is 324 g/mol. The number of ether oxygens (including phenoxy) is 1. The molecule has 112 valence electrons. The summed E-state index contributed by atoms with van der Waals surface area (Å²) in [6.07, 6.45) is 0. The van der Waals surface area contributed by atoms with Crippen molar-refractivity contribution in [1.29, 1.82) is 0 Å². The second kappa shape index (κ2) is 9.07. The molecule has 0 aliphatic rings. The smallest absolute Gasteiger partial charge is 0.238 e. The van der Waals surface area contributed by atoms with Gasteiger partial charge >= 0.3 is 0 Å². The van der Waals surface area contributed by atoms with Crippen LogP contribution >= 0.6 is 15.9 Å². The zero-order valence-electron chi connectivity index (χ0n) is 11.9. The number of rotatable bonds is 8. The SMILES string of the molecule is COCCN(CCO)CC(=O)Nc1ccc(Br)cc1C. The van der Waals surface area contributed by atoms with E-state index in [1.54, 1.807) is 7.11 Å². The number of hydrogen-bond donors (Lipinski definition) is 2. The highest BCUT2D eigenvalue weighted by molar-refractivity contribution is 9.10. The van der Waals surface area contributed by atoms with E-state index in [1.165, 1.54) is 0 Å². The summed E-state index contributed by atoms with van der Waals surface area (Å²) in [6, 6.07) is 5.70. The van der Waals surface area contributed by atoms with Gasteiger partial charge in [0.25, 0.3) is 0 Å². The molecule has 0 spiro atoms. The number of aliphatic hydroxyl groups excluding tert-OH is 1. The van der Waals surface area contributed by atoms with Crippen LogP contribution in [0.15, 0.2) is 22.7 Å². The van der Waals surface area contributed by atoms with Crippen molar-refractivity contribution in [3.63, 3.8) is 0 Å². The third-order valence-electron chi connectivity index (χ3n) is 2.86. The maximum Gasteiger partial charge on any atom is 0.238 e. The second-order valence-electron chi connectivity index (χ2n) is 4.50. The number of nitrogens with zero attached hydrogens (tertiary/aromatic N) is 1. The van der Waals surface area contributed by atoms with Crippen molar-refractivity contribution in [2.75, 3.05) is 45.3 Å². The van der Waals surface area contributed by atoms with Crippen molar-refractivity contribution < 1.29 is 14.6 Å². The lowest BCUT2D eigenvalue weighted by Gasteiger charge is -2.20. The van der Waals surface area contributed by atoms with Crippen LogP contribution in [0.4, 0.5) is 5.69 Å². The van der Waals surface area contributed by atoms with Gasteiger partial charge in [-0.2, -0.15) is 0 Å². The van der Waals surface area contributed by atoms with Crippen molar-refractivity contribution in [3.8, 4) is 0 Å². The van der Waals surface area contributed by atoms with E-state index < -0.39 is 0 Å². The van der Waals surface area contributed by atoms with Gasteiger partial charge in [-0.1, -0.05) is 15.9 Å². The molecule has 0 aromatic heterocycles. The maximum atomic E-state index is 12.0. The maximum absolute atomic E-state index is 12.0. The first-order valence-corrected chi connectivity index (χ1v) is 7.24. The number of aryl methyl sites for hydroxylation is 1. The molecule has 0 bridgehead atoms. The highest BCUT2D eigenvalue weighted by atomic mass is 79.9. The minimum Gasteiger partial charge on any atom is -0.395 e. The van der Waals surface area contributed by atoms with Gasteiger partial charge in [0.15, 0.2) is 0 Å². The lowest BCUT2D eigenvalue weighted by Crippen LogP contribution is -2.37. The van der Waals surface area contributed by atoms with E-state index in [9.17, 15) is 4.79 Å². The summed E-state index contributed by atoms with van der Waals surface area (Å²) in [7, 11) is 1.61. The molecule has 0 aliphatic carbocycles. The van der Waals surface area contributed by atoms with Crippen LogP contribution in [0.5, 0.6) is 0 Å². The zero-order valence-corrected chi connectivity index (χ0v) is 13.4. The molecule has 0 atom stereocenters. The second-order valence-corrected chi connectivity index (χ2v) is 5.42. The summed E-state index contributed by atoms with van der Waals surface area (Å²) < 4.78 is 5.97. The fourth-order valence-corrected chi connectivity index (χ4v) is 2.27. The van der Waals surface area contributed by atoms with Gasteiger partial charge in [0.2, 0.25) is 5.91 Å². The fraction of sp³-hybridized carbons (Fsp3) is 0.500. The first-order chi connectivity index (χ1) is 9.56. The molecule has 1 amide bonds. The molecule has 1 aromatic rings. The molecular formula is C14H21BrN2O3. The van der Waals surface area contributed by atoms with Crippen molar-refractivity contribution in [3.05, 3.63) is 28.2 Å². The minimum absolute atomic E-state index is 0.0221. The van der Waals surface area contributed by atoms with E-state index in [4.69, 9.17) is 9.84 Å². The molecule has 0 saturated carbocycles. The van der Waals surface area contributed by atoms with Gasteiger partial charge in [0, 0.05) is 30.4 Å². The normalized spacial score (nSPS) is 10.8. The molecule has 0 aliphatic heterocycles. The number of halogens is 1. The van der Waals surface area contributed by atoms with Crippen molar-refractivity contribution in [2.24, 2.45) is 0 Å². The molecule has 0 heterocycles. The first kappa shape index (κ1) is 17.1. The zero-order chi connectivity index (χ0) is 15.0. The predicted molar refractivity (Wildman–Crippen MR) is 82.9 cm³/mol. The Morgan fingerprint density at radius 1 is 1.45 bits per heavy atom. The molecule has 0 saturated heterocycles. The summed E-state index contributed by atoms with van der Waals surface area (Å²) in [4.78, 5) is 13.9. The van der Waals surface area contributed by atoms with Gasteiger partial charge in [-0.15, -0.1) is 0 Å². The van der Waals surface area contributed by atoms with E-state index in [-0.39, 0.29) is 19.1 Å². The number of aliphatic hydroxyl groups is 1. The first-order valence-electron chi connectivity index (χ1n) is 6.45. The topological polar surface area (TPSA) is 61.8 Å². The van der Waals surface area contributed by atoms with Crippen molar-refractivity contribution in [1.82, 2.24) is 4.90 Å². The van der Waals surface area contributed by atoms with Crippen LogP contribution in [0.1, 0.15) is 5.56 Å². The van der Waals surface area contributed by atoms with Crippen LogP contribution in [0.2, 0.25) is 0 Å². The number of benzene rings is 1. The molecule has 5 nitrogen and oxygen atoms in total. The fourth-order valence-electron chi connectivity index (χ4n) is 1.79. The lowest BCUT2D eigenvalue weighted by molar-refractivity contribution is -0.117. The Balaban J connectivity index is 2.55. The summed E-state index contributed by atoms with van der Waals surface area (Å²) in [5, 5.41) is 11.9. The van der Waals surface area contributed by atoms with Crippen LogP contribution in [0.3, 0.4) is 0 Å². The summed E-state index contributed by atoms with van der Waals surface area (Å²) in [6.45, 7) is 3.80. The number of methoxy groups -OCH3 is 1. The Morgan fingerprint density at radius 3 is 2.80 bits per heavy atom. The molecule has 20 heavy (non-hydrogen) atoms. The summed E-state index contributed by atoms with van der Waals surface area (Å²) >= 11 is 3.39. The molecule has 0 unspecified atom stereocenters. The molecule has 1 rings (SSSR count). The van der Waals surface area contributed by atoms with E-state index in [1.807, 2.05) is 30.0 Å². The Morgan fingerprint density at radius 2 is 2.20 bits per heavy atom. The number of carbonyl (C=O) groups excluding carboxylic acids is 1. The van der Waals surface area contributed by atoms with Gasteiger partial charge in [0.1, 0.15) is 0 Å². The van der Waals surface area contributed by atoms with Gasteiger partial charge in [-0.3, -0.25) is 9.69 Å². The van der Waals surface area contributed by atoms with Crippen molar-refractivity contribution in [2.45, 2.75) is 6.92 Å². The summed E-state index contributed by atoms with van der Waals surface area (Å²) in [5.74, 6) is -0.0972. The quantitative estimate of drug-likeness (QED) is 0.752. The van der Waals surface area contributed by atoms with E-state index in [0.29, 0.717) is 19.7 Å². The number of anilines is 1. The van der Waals surface area contributed by atoms with Gasteiger partial charge in [0.05, 0.1) is 19.8 Å². The minimum atomic E-state index is -0.0972. The number of carbonyl (C=O) groups is 1. The number of amides is 1. The number of nitrogens with one attached hydrogen (secondary N) is 1. The van der Waals surface area contributed by atoms with Crippen LogP contribution in [-0.2, 0) is 9.53 Å². The third kappa shape index (κ3) is 6.00. The van der Waals surface area contributed by atoms with Crippen LogP contribution in [0, 0.1) is 6.92 Å². The summed E-state index contributed by atoms with van der Waals surface area (Å²) in [5.41, 5.74) is 1.80. The highest BCUT2D eigenvalue weighted by Gasteiger charge is 2.11. The van der Waals surface area contributed by atoms with E-state index in [0.717, 1.165) is 15.7 Å². The molecule has 6 heteroatoms. The molecule has 2 N–H and O–H groups in total. The predicted octanol–water partition coefficient (Wildman–Crippen LogP) is 1.64. The largest absolute Gasteiger partial charge is 0.395 e. The monoisotopic (exact) mass is 344 g/mol. The van der Waals surface area contributed by atoms with Gasteiger partial charge in [-0.25, -0.2) is 0 Å². The van der Waals surface area contributed by atoms with Crippen LogP contribution < -0.4 is 5.32 Å².